The molecule has 0 fully saturated rings. The van der Waals surface area contributed by atoms with Gasteiger partial charge in [0, 0.05) is 63.8 Å². The number of esters is 1. The van der Waals surface area contributed by atoms with Gasteiger partial charge in [0.05, 0.1) is 11.3 Å². The molecular formula is C33H47ClN4O9S. The highest BCUT2D eigenvalue weighted by atomic mass is 35.5. The molecule has 0 saturated heterocycles. The molecule has 3 aromatic rings. The van der Waals surface area contributed by atoms with E-state index in [0.717, 1.165) is 48.4 Å². The number of aromatic amines is 1. The second-order valence-corrected chi connectivity index (χ2v) is 13.1. The maximum absolute atomic E-state index is 13.2. The summed E-state index contributed by atoms with van der Waals surface area (Å²) >= 11 is 7.03. The van der Waals surface area contributed by atoms with E-state index in [-0.39, 0.29) is 29.1 Å². The van der Waals surface area contributed by atoms with Crippen LogP contribution in [0, 0.1) is 5.41 Å². The van der Waals surface area contributed by atoms with Crippen LogP contribution in [-0.4, -0.2) is 94.9 Å². The maximum Gasteiger partial charge on any atom is 0.305 e. The number of nitrogens with one attached hydrogen (secondary N) is 3. The fourth-order valence-corrected chi connectivity index (χ4v) is 5.37. The van der Waals surface area contributed by atoms with Gasteiger partial charge >= 0.3 is 10.8 Å². The largest absolute Gasteiger partial charge is 0.506 e. The summed E-state index contributed by atoms with van der Waals surface area (Å²) in [6, 6.07) is 11.2. The first-order valence-corrected chi connectivity index (χ1v) is 16.5. The van der Waals surface area contributed by atoms with Gasteiger partial charge in [-0.2, -0.15) is 0 Å². The second-order valence-electron chi connectivity index (χ2n) is 11.6. The molecule has 1 heterocycles. The highest BCUT2D eigenvalue weighted by molar-refractivity contribution is 7.16. The minimum atomic E-state index is -0.833. The van der Waals surface area contributed by atoms with E-state index in [1.807, 2.05) is 49.1 Å². The number of rotatable bonds is 16. The minimum absolute atomic E-state index is 0.0361. The number of carbonyl (C=O) groups is 4. The zero-order valence-electron chi connectivity index (χ0n) is 28.1. The van der Waals surface area contributed by atoms with Crippen molar-refractivity contribution in [1.29, 1.82) is 0 Å². The van der Waals surface area contributed by atoms with Gasteiger partial charge in [-0.25, -0.2) is 0 Å². The number of fused-ring (bicyclic) bond motifs is 1. The number of H-pyrrole nitrogens is 1. The van der Waals surface area contributed by atoms with Crippen LogP contribution in [0.25, 0.3) is 10.2 Å². The number of benzene rings is 2. The Labute approximate surface area is 289 Å². The molecule has 266 valence electrons. The second kappa shape index (κ2) is 21.8. The Morgan fingerprint density at radius 1 is 0.917 bits per heavy atom. The number of carbonyl (C=O) groups excluding carboxylic acids is 2. The number of phenols is 1. The van der Waals surface area contributed by atoms with Gasteiger partial charge in [0.25, 0.3) is 11.9 Å². The van der Waals surface area contributed by atoms with Crippen LogP contribution in [0.3, 0.4) is 0 Å². The van der Waals surface area contributed by atoms with Gasteiger partial charge in [0.2, 0.25) is 5.91 Å². The van der Waals surface area contributed by atoms with E-state index in [0.29, 0.717) is 56.1 Å². The number of nitrogens with zero attached hydrogens (tertiary/aromatic N) is 1. The molecule has 13 nitrogen and oxygen atoms in total. The van der Waals surface area contributed by atoms with E-state index in [9.17, 15) is 19.5 Å². The summed E-state index contributed by atoms with van der Waals surface area (Å²) in [5.41, 5.74) is 2.24. The predicted molar refractivity (Wildman–Crippen MR) is 187 cm³/mol. The summed E-state index contributed by atoms with van der Waals surface area (Å²) in [6.45, 7) is 11.3. The third kappa shape index (κ3) is 18.4. The quantitative estimate of drug-likeness (QED) is 0.0931. The van der Waals surface area contributed by atoms with Crippen LogP contribution in [0.1, 0.15) is 52.2 Å². The number of hydrogen-bond donors (Lipinski definition) is 6. The zero-order valence-corrected chi connectivity index (χ0v) is 29.6. The van der Waals surface area contributed by atoms with E-state index >= 15 is 0 Å². The number of aliphatic carboxylic acids is 2. The topological polar surface area (TPSA) is 198 Å². The van der Waals surface area contributed by atoms with Gasteiger partial charge in [-0.1, -0.05) is 55.0 Å². The molecule has 48 heavy (non-hydrogen) atoms. The van der Waals surface area contributed by atoms with Crippen LogP contribution in [0.15, 0.2) is 41.2 Å². The first-order valence-electron chi connectivity index (χ1n) is 15.3. The highest BCUT2D eigenvalue weighted by Crippen LogP contribution is 2.27. The van der Waals surface area contributed by atoms with Crippen molar-refractivity contribution in [2.75, 3.05) is 45.9 Å². The monoisotopic (exact) mass is 710 g/mol. The standard InChI is InChI=1S/C29H39ClN4O5S.2C2H4O2/c1-20(35)39-19-29(2,3)18-34(25(37)12-15-31-13-10-21-4-7-23(30)8-5-21)17-16-32-14-11-22-6-9-24(36)26-27(22)40-28(38)33-26;2*1-2(3)4/h4-9,31-32,36H,10-19H2,1-3H3,(H,33,38);2*1H3,(H,3,4). The molecule has 0 radical (unpaired) electrons. The number of hydrogen-bond acceptors (Lipinski definition) is 10. The van der Waals surface area contributed by atoms with Crippen molar-refractivity contribution < 1.29 is 39.2 Å². The van der Waals surface area contributed by atoms with Crippen molar-refractivity contribution in [1.82, 2.24) is 20.5 Å². The van der Waals surface area contributed by atoms with Gasteiger partial charge in [0.1, 0.15) is 11.3 Å². The Balaban J connectivity index is 0.00000129. The Morgan fingerprint density at radius 2 is 1.50 bits per heavy atom. The van der Waals surface area contributed by atoms with Crippen molar-refractivity contribution in [3.63, 3.8) is 0 Å². The van der Waals surface area contributed by atoms with Crippen LogP contribution in [0.4, 0.5) is 0 Å². The molecule has 0 aliphatic carbocycles. The Morgan fingerprint density at radius 3 is 2.10 bits per heavy atom. The van der Waals surface area contributed by atoms with E-state index in [1.165, 1.54) is 12.5 Å². The summed E-state index contributed by atoms with van der Waals surface area (Å²) in [6.07, 6.45) is 1.89. The van der Waals surface area contributed by atoms with Crippen LogP contribution in [0.2, 0.25) is 5.02 Å². The van der Waals surface area contributed by atoms with Crippen molar-refractivity contribution in [3.05, 3.63) is 62.2 Å². The number of thiazole rings is 1. The van der Waals surface area contributed by atoms with Gasteiger partial charge in [-0.15, -0.1) is 0 Å². The summed E-state index contributed by atoms with van der Waals surface area (Å²) in [4.78, 5) is 58.6. The molecule has 2 aromatic carbocycles. The molecule has 0 saturated carbocycles. The molecule has 1 amide bonds. The number of phenolic OH excluding ortho intramolecular Hbond substituents is 1. The lowest BCUT2D eigenvalue weighted by Crippen LogP contribution is -2.45. The molecule has 3 rings (SSSR count). The third-order valence-electron chi connectivity index (χ3n) is 6.43. The van der Waals surface area contributed by atoms with Gasteiger partial charge in [-0.05, 0) is 55.3 Å². The first-order chi connectivity index (χ1) is 22.5. The molecule has 0 unspecified atom stereocenters. The molecule has 0 bridgehead atoms. The third-order valence-corrected chi connectivity index (χ3v) is 7.64. The van der Waals surface area contributed by atoms with Crippen LogP contribution < -0.4 is 15.5 Å². The number of aromatic hydroxyl groups is 1. The normalized spacial score (nSPS) is 10.7. The van der Waals surface area contributed by atoms with E-state index in [4.69, 9.17) is 36.1 Å². The zero-order chi connectivity index (χ0) is 36.3. The van der Waals surface area contributed by atoms with Crippen molar-refractivity contribution in [2.45, 2.75) is 53.9 Å². The molecule has 1 aromatic heterocycles. The molecule has 0 aliphatic rings. The van der Waals surface area contributed by atoms with E-state index in [1.54, 1.807) is 6.07 Å². The minimum Gasteiger partial charge on any atom is -0.506 e. The molecule has 0 spiro atoms. The molecule has 15 heteroatoms. The maximum atomic E-state index is 13.2. The summed E-state index contributed by atoms with van der Waals surface area (Å²) in [5.74, 6) is -1.91. The number of halogens is 1. The van der Waals surface area contributed by atoms with Gasteiger partial charge in [-0.3, -0.25) is 24.0 Å². The highest BCUT2D eigenvalue weighted by Gasteiger charge is 2.26. The average Bonchev–Trinajstić information content (AvgIpc) is 3.39. The number of amides is 1. The van der Waals surface area contributed by atoms with Crippen molar-refractivity contribution >= 4 is 57.0 Å². The number of carboxylic acids is 2. The summed E-state index contributed by atoms with van der Waals surface area (Å²) < 4.78 is 6.00. The summed E-state index contributed by atoms with van der Waals surface area (Å²) in [7, 11) is 0. The van der Waals surface area contributed by atoms with Crippen molar-refractivity contribution in [2.24, 2.45) is 5.41 Å². The first kappa shape index (κ1) is 42.0. The Bertz CT molecular complexity index is 1500. The fraction of sp³-hybridized carbons (Fsp3) is 0.485. The molecule has 0 atom stereocenters. The van der Waals surface area contributed by atoms with Crippen LogP contribution in [0.5, 0.6) is 5.75 Å². The number of carboxylic acid groups (broad SMARTS) is 2. The SMILES string of the molecule is CC(=O)O.CC(=O)O.CC(=O)OCC(C)(C)CN(CCNCCc1ccc(O)c2[nH]c(=O)sc12)C(=O)CCNCCc1ccc(Cl)cc1. The van der Waals surface area contributed by atoms with E-state index in [2.05, 4.69) is 15.6 Å². The Kier molecular flexibility index (Phi) is 19.1. The average molecular weight is 711 g/mol. The number of ether oxygens (including phenoxy) is 1. The van der Waals surface area contributed by atoms with Gasteiger partial charge < -0.3 is 40.6 Å². The van der Waals surface area contributed by atoms with Gasteiger partial charge in [0.15, 0.2) is 0 Å². The lowest BCUT2D eigenvalue weighted by Gasteiger charge is -2.32. The van der Waals surface area contributed by atoms with Crippen LogP contribution in [-0.2, 0) is 36.8 Å². The molecule has 0 aliphatic heterocycles. The van der Waals surface area contributed by atoms with E-state index < -0.39 is 17.4 Å². The summed E-state index contributed by atoms with van der Waals surface area (Å²) in [5, 5.41) is 32.3. The lowest BCUT2D eigenvalue weighted by atomic mass is 9.93. The Hall–Kier alpha value is -3.98. The van der Waals surface area contributed by atoms with Crippen LogP contribution >= 0.6 is 22.9 Å². The lowest BCUT2D eigenvalue weighted by molar-refractivity contribution is -0.145. The fourth-order valence-electron chi connectivity index (χ4n) is 4.35. The predicted octanol–water partition coefficient (Wildman–Crippen LogP) is 3.90. The number of aromatic nitrogens is 1. The van der Waals surface area contributed by atoms with Crippen molar-refractivity contribution in [3.8, 4) is 5.75 Å². The molecular weight excluding hydrogens is 664 g/mol. The smallest absolute Gasteiger partial charge is 0.305 e. The molecule has 6 N–H and O–H groups in total.